The third-order valence-electron chi connectivity index (χ3n) is 9.28. The summed E-state index contributed by atoms with van der Waals surface area (Å²) in [5, 5.41) is 11.6. The molecule has 32 heavy (non-hydrogen) atoms. The third-order valence-corrected chi connectivity index (χ3v) is 9.28. The largest absolute Gasteiger partial charge is 0.458 e. The number of fused-ring (bicyclic) bond motifs is 5. The third kappa shape index (κ3) is 3.35. The molecule has 4 aliphatic rings. The molecule has 0 bridgehead atoms. The smallest absolute Gasteiger partial charge is 0.303 e. The second-order valence-corrected chi connectivity index (χ2v) is 10.8. The Morgan fingerprint density at radius 3 is 2.41 bits per heavy atom. The first-order valence-electron chi connectivity index (χ1n) is 11.7. The molecule has 5 unspecified atom stereocenters. The zero-order chi connectivity index (χ0) is 23.5. The van der Waals surface area contributed by atoms with Crippen LogP contribution in [0, 0.1) is 28.6 Å². The summed E-state index contributed by atoms with van der Waals surface area (Å²) in [7, 11) is 0. The van der Waals surface area contributed by atoms with Gasteiger partial charge in [0.25, 0.3) is 0 Å². The van der Waals surface area contributed by atoms with E-state index in [1.54, 1.807) is 6.08 Å². The Labute approximate surface area is 188 Å². The van der Waals surface area contributed by atoms with Crippen molar-refractivity contribution in [3.05, 3.63) is 11.6 Å². The van der Waals surface area contributed by atoms with E-state index in [1.165, 1.54) is 13.8 Å². The van der Waals surface area contributed by atoms with Gasteiger partial charge in [0.05, 0.1) is 0 Å². The average molecular weight is 447 g/mol. The molecule has 4 rings (SSSR count). The lowest BCUT2D eigenvalue weighted by molar-refractivity contribution is -0.173. The van der Waals surface area contributed by atoms with Gasteiger partial charge >= 0.3 is 11.9 Å². The molecule has 0 spiro atoms. The van der Waals surface area contributed by atoms with Crippen LogP contribution in [0.3, 0.4) is 0 Å². The molecule has 0 radical (unpaired) electrons. The normalized spacial score (nSPS) is 42.8. The fourth-order valence-electron chi connectivity index (χ4n) is 7.65. The van der Waals surface area contributed by atoms with Gasteiger partial charge in [-0.25, -0.2) is 0 Å². The molecule has 176 valence electrons. The van der Waals surface area contributed by atoms with Crippen LogP contribution in [0.15, 0.2) is 11.6 Å². The predicted octanol–water partition coefficient (Wildman–Crippen LogP) is 2.92. The molecule has 4 aliphatic carbocycles. The molecule has 7 nitrogen and oxygen atoms in total. The quantitative estimate of drug-likeness (QED) is 0.662. The summed E-state index contributed by atoms with van der Waals surface area (Å²) in [4.78, 5) is 48.3. The molecule has 3 fully saturated rings. The van der Waals surface area contributed by atoms with Crippen LogP contribution in [0.4, 0.5) is 0 Å². The van der Waals surface area contributed by atoms with E-state index in [0.717, 1.165) is 18.4 Å². The SMILES string of the molecule is CC(=O)OCC(=O)[C@@]1(O)CCC2C3C[C@H](OC(C)=O)C4=CC(=O)CCC4(C)C3CCC21C. The average Bonchev–Trinajstić information content (AvgIpc) is 2.99. The van der Waals surface area contributed by atoms with E-state index in [4.69, 9.17) is 9.47 Å². The number of hydrogen-bond donors (Lipinski definition) is 1. The van der Waals surface area contributed by atoms with Crippen LogP contribution >= 0.6 is 0 Å². The van der Waals surface area contributed by atoms with Gasteiger partial charge in [0.2, 0.25) is 5.78 Å². The van der Waals surface area contributed by atoms with Crippen LogP contribution in [0.5, 0.6) is 0 Å². The molecule has 7 atom stereocenters. The first-order chi connectivity index (χ1) is 14.9. The monoisotopic (exact) mass is 446 g/mol. The first kappa shape index (κ1) is 23.1. The van der Waals surface area contributed by atoms with Crippen molar-refractivity contribution in [1.29, 1.82) is 0 Å². The topological polar surface area (TPSA) is 107 Å². The van der Waals surface area contributed by atoms with E-state index in [2.05, 4.69) is 6.92 Å². The lowest BCUT2D eigenvalue weighted by Gasteiger charge is -2.60. The van der Waals surface area contributed by atoms with Gasteiger partial charge in [-0.3, -0.25) is 19.2 Å². The molecular weight excluding hydrogens is 412 g/mol. The maximum Gasteiger partial charge on any atom is 0.303 e. The zero-order valence-corrected chi connectivity index (χ0v) is 19.4. The van der Waals surface area contributed by atoms with E-state index in [-0.39, 0.29) is 29.0 Å². The standard InChI is InChI=1S/C25H34O7/c1-14(26)31-13-22(29)25(30)10-7-19-17-12-21(32-15(2)27)20-11-16(28)5-8-23(20,3)18(17)6-9-24(19,25)4/h11,17-19,21,30H,5-10,12-13H2,1-4H3/t17?,18?,19?,21-,23?,24?,25-/m0/s1. The summed E-state index contributed by atoms with van der Waals surface area (Å²) in [5.41, 5.74) is -1.46. The highest BCUT2D eigenvalue weighted by atomic mass is 16.5. The summed E-state index contributed by atoms with van der Waals surface area (Å²) in [6, 6.07) is 0. The van der Waals surface area contributed by atoms with Gasteiger partial charge in [-0.2, -0.15) is 0 Å². The Kier molecular flexibility index (Phi) is 5.63. The van der Waals surface area contributed by atoms with Crippen LogP contribution in [0.1, 0.15) is 72.6 Å². The van der Waals surface area contributed by atoms with Crippen molar-refractivity contribution in [1.82, 2.24) is 0 Å². The molecule has 7 heteroatoms. The van der Waals surface area contributed by atoms with Gasteiger partial charge in [0, 0.05) is 25.7 Å². The summed E-state index contributed by atoms with van der Waals surface area (Å²) >= 11 is 0. The number of ether oxygens (including phenoxy) is 2. The van der Waals surface area contributed by atoms with Crippen LogP contribution in [-0.2, 0) is 28.7 Å². The van der Waals surface area contributed by atoms with Gasteiger partial charge in [-0.05, 0) is 73.3 Å². The lowest BCUT2D eigenvalue weighted by Crippen LogP contribution is -2.59. The van der Waals surface area contributed by atoms with Crippen molar-refractivity contribution in [2.75, 3.05) is 6.61 Å². The summed E-state index contributed by atoms with van der Waals surface area (Å²) < 4.78 is 10.6. The minimum Gasteiger partial charge on any atom is -0.458 e. The molecule has 0 aromatic rings. The maximum atomic E-state index is 13.0. The summed E-state index contributed by atoms with van der Waals surface area (Å²) in [6.45, 7) is 6.41. The lowest BCUT2D eigenvalue weighted by atomic mass is 9.45. The zero-order valence-electron chi connectivity index (χ0n) is 19.4. The first-order valence-corrected chi connectivity index (χ1v) is 11.7. The summed E-state index contributed by atoms with van der Waals surface area (Å²) in [6.07, 6.45) is 5.64. The highest BCUT2D eigenvalue weighted by Gasteiger charge is 2.67. The van der Waals surface area contributed by atoms with Crippen LogP contribution in [0.25, 0.3) is 0 Å². The Morgan fingerprint density at radius 2 is 1.75 bits per heavy atom. The molecule has 0 aromatic carbocycles. The molecule has 0 heterocycles. The molecule has 0 aromatic heterocycles. The van der Waals surface area contributed by atoms with Crippen LogP contribution in [-0.4, -0.2) is 46.9 Å². The van der Waals surface area contributed by atoms with E-state index < -0.39 is 35.5 Å². The van der Waals surface area contributed by atoms with Crippen LogP contribution in [0.2, 0.25) is 0 Å². The van der Waals surface area contributed by atoms with Crippen molar-refractivity contribution < 1.29 is 33.8 Å². The minimum absolute atomic E-state index is 0.0834. The number of aliphatic hydroxyl groups is 1. The fraction of sp³-hybridized carbons (Fsp3) is 0.760. The van der Waals surface area contributed by atoms with Gasteiger partial charge in [-0.1, -0.05) is 13.8 Å². The molecule has 0 saturated heterocycles. The van der Waals surface area contributed by atoms with Crippen molar-refractivity contribution in [2.24, 2.45) is 28.6 Å². The molecule has 1 N–H and O–H groups in total. The molecule has 3 saturated carbocycles. The van der Waals surface area contributed by atoms with Crippen molar-refractivity contribution in [3.63, 3.8) is 0 Å². The Balaban J connectivity index is 1.67. The minimum atomic E-state index is -1.53. The van der Waals surface area contributed by atoms with E-state index in [9.17, 15) is 24.3 Å². The Morgan fingerprint density at radius 1 is 1.06 bits per heavy atom. The van der Waals surface area contributed by atoms with E-state index in [1.807, 2.05) is 6.92 Å². The van der Waals surface area contributed by atoms with Gasteiger partial charge in [0.15, 0.2) is 12.4 Å². The number of carbonyl (C=O) groups is 4. The molecule has 0 amide bonds. The number of rotatable bonds is 4. The number of esters is 2. The molecular formula is C25H34O7. The second-order valence-electron chi connectivity index (χ2n) is 10.8. The van der Waals surface area contributed by atoms with Crippen molar-refractivity contribution in [3.8, 4) is 0 Å². The highest BCUT2D eigenvalue weighted by molar-refractivity contribution is 5.92. The number of Topliss-reactive ketones (excluding diaryl/α,β-unsaturated/α-hetero) is 1. The van der Waals surface area contributed by atoms with E-state index >= 15 is 0 Å². The van der Waals surface area contributed by atoms with Gasteiger partial charge < -0.3 is 14.6 Å². The highest BCUT2D eigenvalue weighted by Crippen LogP contribution is 2.67. The second kappa shape index (κ2) is 7.79. The fourth-order valence-corrected chi connectivity index (χ4v) is 7.65. The van der Waals surface area contributed by atoms with Crippen molar-refractivity contribution >= 4 is 23.5 Å². The predicted molar refractivity (Wildman–Crippen MR) is 114 cm³/mol. The van der Waals surface area contributed by atoms with Crippen molar-refractivity contribution in [2.45, 2.75) is 84.3 Å². The van der Waals surface area contributed by atoms with Gasteiger partial charge in [-0.15, -0.1) is 0 Å². The molecule has 0 aliphatic heterocycles. The van der Waals surface area contributed by atoms with Crippen LogP contribution < -0.4 is 0 Å². The Bertz CT molecular complexity index is 891. The van der Waals surface area contributed by atoms with E-state index in [0.29, 0.717) is 38.0 Å². The number of carbonyl (C=O) groups excluding carboxylic acids is 4. The maximum absolute atomic E-state index is 13.0. The Hall–Kier alpha value is -2.02. The van der Waals surface area contributed by atoms with Gasteiger partial charge in [0.1, 0.15) is 11.7 Å². The number of hydrogen-bond acceptors (Lipinski definition) is 7. The number of ketones is 2. The summed E-state index contributed by atoms with van der Waals surface area (Å²) in [5.74, 6) is -0.699.